The third-order valence-corrected chi connectivity index (χ3v) is 2.88. The molecule has 0 saturated heterocycles. The Labute approximate surface area is 138 Å². The van der Waals surface area contributed by atoms with Crippen LogP contribution in [0.15, 0.2) is 0 Å². The van der Waals surface area contributed by atoms with Crippen molar-refractivity contribution in [2.45, 2.75) is 57.5 Å². The maximum atomic E-state index is 11.9. The molecule has 4 N–H and O–H groups in total. The Morgan fingerprint density at radius 1 is 1.00 bits per heavy atom. The molecule has 0 aliphatic rings. The lowest BCUT2D eigenvalue weighted by Gasteiger charge is -2.29. The van der Waals surface area contributed by atoms with Gasteiger partial charge in [-0.15, -0.1) is 0 Å². The molecule has 10 nitrogen and oxygen atoms in total. The van der Waals surface area contributed by atoms with E-state index in [1.165, 1.54) is 0 Å². The molecule has 24 heavy (non-hydrogen) atoms. The molecule has 0 aromatic rings. The quantitative estimate of drug-likeness (QED) is 0.200. The van der Waals surface area contributed by atoms with Crippen molar-refractivity contribution in [1.29, 1.82) is 0 Å². The van der Waals surface area contributed by atoms with E-state index in [0.29, 0.717) is 12.8 Å². The number of ether oxygens (including phenoxy) is 2. The average Bonchev–Trinajstić information content (AvgIpc) is 2.52. The van der Waals surface area contributed by atoms with Crippen LogP contribution >= 0.6 is 0 Å². The van der Waals surface area contributed by atoms with E-state index in [4.69, 9.17) is 5.11 Å². The molecule has 0 aliphatic heterocycles. The normalized spacial score (nSPS) is 15.8. The summed E-state index contributed by atoms with van der Waals surface area (Å²) in [6.07, 6.45) is -4.80. The fourth-order valence-electron chi connectivity index (χ4n) is 1.57. The summed E-state index contributed by atoms with van der Waals surface area (Å²) in [7, 11) is 0. The van der Waals surface area contributed by atoms with Crippen molar-refractivity contribution in [3.05, 3.63) is 0 Å². The largest absolute Gasteiger partial charge is 0.431 e. The second kappa shape index (κ2) is 10.1. The first kappa shape index (κ1) is 22.1. The predicted octanol–water partition coefficient (Wildman–Crippen LogP) is -1.83. The minimum absolute atomic E-state index is 0.187. The first-order valence-corrected chi connectivity index (χ1v) is 7.33. The lowest BCUT2D eigenvalue weighted by Crippen LogP contribution is -2.61. The van der Waals surface area contributed by atoms with Gasteiger partial charge in [-0.2, -0.15) is 0 Å². The van der Waals surface area contributed by atoms with Crippen molar-refractivity contribution in [3.8, 4) is 0 Å². The third kappa shape index (κ3) is 5.64. The molecule has 0 saturated carbocycles. The summed E-state index contributed by atoms with van der Waals surface area (Å²) in [5.74, 6) is -5.84. The molecular weight excluding hydrogens is 328 g/mol. The summed E-state index contributed by atoms with van der Waals surface area (Å²) in [5, 5.41) is 38.1. The van der Waals surface area contributed by atoms with Gasteiger partial charge in [0.25, 0.3) is 5.60 Å². The number of aliphatic hydroxyl groups excluding tert-OH is 3. The zero-order valence-electron chi connectivity index (χ0n) is 13.4. The van der Waals surface area contributed by atoms with E-state index in [-0.39, 0.29) is 12.8 Å². The first-order valence-electron chi connectivity index (χ1n) is 7.33. The van der Waals surface area contributed by atoms with Gasteiger partial charge in [-0.05, 0) is 12.8 Å². The molecule has 3 unspecified atom stereocenters. The van der Waals surface area contributed by atoms with Crippen molar-refractivity contribution in [2.75, 3.05) is 6.61 Å². The van der Waals surface area contributed by atoms with Crippen LogP contribution in [-0.2, 0) is 28.7 Å². The van der Waals surface area contributed by atoms with Gasteiger partial charge in [-0.3, -0.25) is 14.4 Å². The summed E-state index contributed by atoms with van der Waals surface area (Å²) in [6, 6.07) is 0. The molecule has 0 bridgehead atoms. The number of hydrogen-bond acceptors (Lipinski definition) is 10. The van der Waals surface area contributed by atoms with Gasteiger partial charge < -0.3 is 29.9 Å². The fourth-order valence-corrected chi connectivity index (χ4v) is 1.57. The van der Waals surface area contributed by atoms with Crippen molar-refractivity contribution < 1.29 is 49.1 Å². The number of ketones is 1. The molecular formula is C14H22O10. The van der Waals surface area contributed by atoms with Crippen LogP contribution in [0, 0.1) is 0 Å². The maximum absolute atomic E-state index is 11.9. The molecule has 0 amide bonds. The Hall–Kier alpha value is -1.88. The van der Waals surface area contributed by atoms with Gasteiger partial charge in [0.2, 0.25) is 12.1 Å². The monoisotopic (exact) mass is 350 g/mol. The van der Waals surface area contributed by atoms with E-state index in [2.05, 4.69) is 9.47 Å². The summed E-state index contributed by atoms with van der Waals surface area (Å²) >= 11 is 0. The van der Waals surface area contributed by atoms with Gasteiger partial charge in [-0.1, -0.05) is 13.8 Å². The number of esters is 3. The second-order valence-corrected chi connectivity index (χ2v) is 4.93. The van der Waals surface area contributed by atoms with Gasteiger partial charge in [-0.25, -0.2) is 4.79 Å². The molecule has 3 atom stereocenters. The number of hydrogen-bond donors (Lipinski definition) is 4. The molecule has 0 fully saturated rings. The number of aliphatic hydroxyl groups is 4. The summed E-state index contributed by atoms with van der Waals surface area (Å²) in [6.45, 7) is 2.02. The van der Waals surface area contributed by atoms with Crippen LogP contribution in [0.25, 0.3) is 0 Å². The van der Waals surface area contributed by atoms with Crippen molar-refractivity contribution >= 4 is 23.7 Å². The van der Waals surface area contributed by atoms with Crippen molar-refractivity contribution in [3.63, 3.8) is 0 Å². The molecule has 0 aromatic heterocycles. The van der Waals surface area contributed by atoms with Crippen molar-refractivity contribution in [2.24, 2.45) is 0 Å². The molecule has 0 heterocycles. The predicted molar refractivity (Wildman–Crippen MR) is 76.1 cm³/mol. The SMILES string of the molecule is CCCC(=O)OC(=O)C(O)(C(=O)C(O)CO)C(O)OC(=O)CCC. The molecule has 10 heteroatoms. The number of carbonyl (C=O) groups is 4. The summed E-state index contributed by atoms with van der Waals surface area (Å²) in [4.78, 5) is 46.6. The standard InChI is InChI=1S/C14H22O10/c1-3-5-9(17)23-12(20)14(22,11(19)8(16)7-15)13(21)24-10(18)6-4-2/h8,12,15-16,20,22H,3-7H2,1-2H3. The van der Waals surface area contributed by atoms with Crippen LogP contribution in [0.3, 0.4) is 0 Å². The average molecular weight is 350 g/mol. The van der Waals surface area contributed by atoms with Gasteiger partial charge in [0.1, 0.15) is 6.10 Å². The van der Waals surface area contributed by atoms with E-state index in [9.17, 15) is 34.5 Å². The molecule has 138 valence electrons. The van der Waals surface area contributed by atoms with E-state index < -0.39 is 48.3 Å². The molecule has 0 radical (unpaired) electrons. The van der Waals surface area contributed by atoms with Gasteiger partial charge in [0, 0.05) is 12.8 Å². The minimum Gasteiger partial charge on any atom is -0.431 e. The zero-order chi connectivity index (χ0) is 18.9. The highest BCUT2D eigenvalue weighted by atomic mass is 16.7. The maximum Gasteiger partial charge on any atom is 0.360 e. The number of carbonyl (C=O) groups excluding carboxylic acids is 4. The number of Topliss-reactive ketones (excluding diaryl/α,β-unsaturated/α-hetero) is 1. The smallest absolute Gasteiger partial charge is 0.360 e. The second-order valence-electron chi connectivity index (χ2n) is 4.93. The summed E-state index contributed by atoms with van der Waals surface area (Å²) < 4.78 is 8.62. The Morgan fingerprint density at radius 3 is 1.96 bits per heavy atom. The lowest BCUT2D eigenvalue weighted by molar-refractivity contribution is -0.225. The Balaban J connectivity index is 5.50. The Kier molecular flexibility index (Phi) is 9.29. The van der Waals surface area contributed by atoms with Crippen LogP contribution < -0.4 is 0 Å². The molecule has 0 spiro atoms. The minimum atomic E-state index is -3.56. The highest BCUT2D eigenvalue weighted by Gasteiger charge is 2.56. The van der Waals surface area contributed by atoms with E-state index >= 15 is 0 Å². The topological polar surface area (TPSA) is 168 Å². The summed E-state index contributed by atoms with van der Waals surface area (Å²) in [5.41, 5.74) is -3.56. The van der Waals surface area contributed by atoms with Crippen LogP contribution in [0.5, 0.6) is 0 Å². The van der Waals surface area contributed by atoms with Crippen molar-refractivity contribution in [1.82, 2.24) is 0 Å². The Morgan fingerprint density at radius 2 is 1.50 bits per heavy atom. The lowest BCUT2D eigenvalue weighted by atomic mass is 9.93. The van der Waals surface area contributed by atoms with Crippen LogP contribution in [0.2, 0.25) is 0 Å². The first-order chi connectivity index (χ1) is 11.1. The molecule has 0 aromatic carbocycles. The highest BCUT2D eigenvalue weighted by molar-refractivity contribution is 6.11. The molecule has 0 aliphatic carbocycles. The highest BCUT2D eigenvalue weighted by Crippen LogP contribution is 2.20. The van der Waals surface area contributed by atoms with Gasteiger partial charge >= 0.3 is 17.9 Å². The zero-order valence-corrected chi connectivity index (χ0v) is 13.4. The van der Waals surface area contributed by atoms with E-state index in [1.54, 1.807) is 13.8 Å². The van der Waals surface area contributed by atoms with Gasteiger partial charge in [0.05, 0.1) is 6.61 Å². The third-order valence-electron chi connectivity index (χ3n) is 2.88. The van der Waals surface area contributed by atoms with Gasteiger partial charge in [0.15, 0.2) is 0 Å². The number of rotatable bonds is 10. The van der Waals surface area contributed by atoms with Crippen LogP contribution in [-0.4, -0.2) is 68.7 Å². The molecule has 0 rings (SSSR count). The van der Waals surface area contributed by atoms with E-state index in [0.717, 1.165) is 0 Å². The van der Waals surface area contributed by atoms with Crippen LogP contribution in [0.4, 0.5) is 0 Å². The van der Waals surface area contributed by atoms with Crippen LogP contribution in [0.1, 0.15) is 39.5 Å². The fraction of sp³-hybridized carbons (Fsp3) is 0.714. The van der Waals surface area contributed by atoms with E-state index in [1.807, 2.05) is 0 Å². The Bertz CT molecular complexity index is 474.